The van der Waals surface area contributed by atoms with Gasteiger partial charge >= 0.3 is 0 Å². The Morgan fingerprint density at radius 1 is 1.00 bits per heavy atom. The van der Waals surface area contributed by atoms with Gasteiger partial charge in [0, 0.05) is 5.56 Å². The number of halogens is 3. The minimum Gasteiger partial charge on any atom is -0.497 e. The molecule has 5 heteroatoms. The number of pyridine rings is 1. The Labute approximate surface area is 107 Å². The van der Waals surface area contributed by atoms with E-state index in [1.54, 1.807) is 24.3 Å². The van der Waals surface area contributed by atoms with Gasteiger partial charge in [-0.05, 0) is 30.3 Å². The summed E-state index contributed by atoms with van der Waals surface area (Å²) < 4.78 is 43.7. The summed E-state index contributed by atoms with van der Waals surface area (Å²) in [7, 11) is 1.53. The molecule has 2 aromatic rings. The SMILES string of the molecule is COc1ccc(C#Cc2cc(F)c(F)nc2F)cc1. The van der Waals surface area contributed by atoms with E-state index in [1.807, 2.05) is 0 Å². The molecule has 1 aromatic heterocycles. The van der Waals surface area contributed by atoms with Crippen LogP contribution in [0.25, 0.3) is 0 Å². The number of hydrogen-bond donors (Lipinski definition) is 0. The van der Waals surface area contributed by atoms with Crippen LogP contribution in [0.4, 0.5) is 13.2 Å². The molecule has 2 rings (SSSR count). The molecule has 0 aliphatic carbocycles. The molecule has 0 N–H and O–H groups in total. The molecule has 0 saturated heterocycles. The van der Waals surface area contributed by atoms with Gasteiger partial charge in [-0.25, -0.2) is 4.39 Å². The van der Waals surface area contributed by atoms with E-state index in [0.29, 0.717) is 17.4 Å². The Morgan fingerprint density at radius 3 is 2.32 bits per heavy atom. The molecular formula is C14H8F3NO. The van der Waals surface area contributed by atoms with Crippen LogP contribution in [-0.2, 0) is 0 Å². The second-order valence-electron chi connectivity index (χ2n) is 3.58. The molecule has 96 valence electrons. The van der Waals surface area contributed by atoms with Crippen molar-refractivity contribution < 1.29 is 17.9 Å². The van der Waals surface area contributed by atoms with Gasteiger partial charge in [0.25, 0.3) is 5.95 Å². The molecule has 0 radical (unpaired) electrons. The summed E-state index contributed by atoms with van der Waals surface area (Å²) in [6.45, 7) is 0. The monoisotopic (exact) mass is 263 g/mol. The second-order valence-corrected chi connectivity index (χ2v) is 3.58. The van der Waals surface area contributed by atoms with Gasteiger partial charge in [-0.1, -0.05) is 11.8 Å². The molecule has 1 heterocycles. The van der Waals surface area contributed by atoms with Crippen LogP contribution in [0.5, 0.6) is 5.75 Å². The Kier molecular flexibility index (Phi) is 3.71. The summed E-state index contributed by atoms with van der Waals surface area (Å²) in [5, 5.41) is 0. The fourth-order valence-electron chi connectivity index (χ4n) is 1.35. The highest BCUT2D eigenvalue weighted by Crippen LogP contribution is 2.12. The van der Waals surface area contributed by atoms with Crippen molar-refractivity contribution in [3.05, 3.63) is 59.2 Å². The van der Waals surface area contributed by atoms with Crippen LogP contribution in [0.15, 0.2) is 30.3 Å². The van der Waals surface area contributed by atoms with E-state index in [9.17, 15) is 13.2 Å². The quantitative estimate of drug-likeness (QED) is 0.583. The largest absolute Gasteiger partial charge is 0.497 e. The normalized spacial score (nSPS) is 9.68. The van der Waals surface area contributed by atoms with E-state index in [0.717, 1.165) is 0 Å². The van der Waals surface area contributed by atoms with Crippen LogP contribution >= 0.6 is 0 Å². The van der Waals surface area contributed by atoms with Gasteiger partial charge in [0.2, 0.25) is 5.95 Å². The van der Waals surface area contributed by atoms with Gasteiger partial charge in [-0.15, -0.1) is 0 Å². The van der Waals surface area contributed by atoms with Crippen molar-refractivity contribution in [1.29, 1.82) is 0 Å². The molecule has 0 spiro atoms. The number of aromatic nitrogens is 1. The Morgan fingerprint density at radius 2 is 1.68 bits per heavy atom. The minimum absolute atomic E-state index is 0.297. The lowest BCUT2D eigenvalue weighted by atomic mass is 10.2. The van der Waals surface area contributed by atoms with Crippen LogP contribution < -0.4 is 4.74 Å². The Hall–Kier alpha value is -2.48. The average Bonchev–Trinajstić information content (AvgIpc) is 2.42. The Bertz CT molecular complexity index is 657. The number of rotatable bonds is 1. The molecule has 0 fully saturated rings. The summed E-state index contributed by atoms with van der Waals surface area (Å²) in [5.41, 5.74) is 0.291. The number of ether oxygens (including phenoxy) is 1. The van der Waals surface area contributed by atoms with Gasteiger partial charge in [0.15, 0.2) is 5.82 Å². The lowest BCUT2D eigenvalue weighted by Gasteiger charge is -1.98. The van der Waals surface area contributed by atoms with Crippen molar-refractivity contribution in [2.75, 3.05) is 7.11 Å². The van der Waals surface area contributed by atoms with Crippen LogP contribution in [0, 0.1) is 29.6 Å². The third kappa shape index (κ3) is 3.05. The maximum atomic E-state index is 13.2. The third-order valence-electron chi connectivity index (χ3n) is 2.32. The lowest BCUT2D eigenvalue weighted by molar-refractivity contribution is 0.415. The van der Waals surface area contributed by atoms with E-state index in [1.165, 1.54) is 7.11 Å². The van der Waals surface area contributed by atoms with E-state index in [2.05, 4.69) is 16.8 Å². The molecule has 1 aromatic carbocycles. The molecule has 0 atom stereocenters. The molecule has 0 saturated carbocycles. The molecule has 0 unspecified atom stereocenters. The van der Waals surface area contributed by atoms with Gasteiger partial charge < -0.3 is 4.74 Å². The van der Waals surface area contributed by atoms with Gasteiger partial charge in [-0.3, -0.25) is 0 Å². The molecule has 0 aliphatic heterocycles. The number of nitrogens with zero attached hydrogens (tertiary/aromatic N) is 1. The lowest BCUT2D eigenvalue weighted by Crippen LogP contribution is -1.97. The van der Waals surface area contributed by atoms with E-state index in [-0.39, 0.29) is 5.56 Å². The van der Waals surface area contributed by atoms with Crippen molar-refractivity contribution in [1.82, 2.24) is 4.98 Å². The van der Waals surface area contributed by atoms with Crippen molar-refractivity contribution in [3.8, 4) is 17.6 Å². The smallest absolute Gasteiger partial charge is 0.251 e. The number of methoxy groups -OCH3 is 1. The molecule has 0 amide bonds. The molecule has 0 aliphatic rings. The van der Waals surface area contributed by atoms with Gasteiger partial charge in [-0.2, -0.15) is 13.8 Å². The maximum absolute atomic E-state index is 13.2. The molecule has 19 heavy (non-hydrogen) atoms. The van der Waals surface area contributed by atoms with Crippen LogP contribution in [0.2, 0.25) is 0 Å². The molecule has 0 bridgehead atoms. The van der Waals surface area contributed by atoms with Crippen molar-refractivity contribution in [3.63, 3.8) is 0 Å². The topological polar surface area (TPSA) is 22.1 Å². The minimum atomic E-state index is -1.48. The zero-order valence-corrected chi connectivity index (χ0v) is 9.88. The second kappa shape index (κ2) is 5.44. The summed E-state index contributed by atoms with van der Waals surface area (Å²) in [6, 6.07) is 7.37. The standard InChI is InChI=1S/C14H8F3NO/c1-19-11-6-3-9(4-7-11)2-5-10-8-12(15)14(17)18-13(10)16/h3-4,6-8H,1H3. The zero-order chi connectivity index (χ0) is 13.8. The average molecular weight is 263 g/mol. The highest BCUT2D eigenvalue weighted by Gasteiger charge is 2.09. The zero-order valence-electron chi connectivity index (χ0n) is 9.88. The maximum Gasteiger partial charge on any atom is 0.251 e. The molecular weight excluding hydrogens is 255 g/mol. The van der Waals surface area contributed by atoms with Crippen molar-refractivity contribution >= 4 is 0 Å². The first-order chi connectivity index (χ1) is 9.10. The van der Waals surface area contributed by atoms with E-state index in [4.69, 9.17) is 4.74 Å². The van der Waals surface area contributed by atoms with Crippen molar-refractivity contribution in [2.24, 2.45) is 0 Å². The molecule has 2 nitrogen and oxygen atoms in total. The van der Waals surface area contributed by atoms with Crippen LogP contribution in [0.3, 0.4) is 0 Å². The first-order valence-electron chi connectivity index (χ1n) is 5.28. The first kappa shape index (κ1) is 13.0. The van der Waals surface area contributed by atoms with E-state index >= 15 is 0 Å². The third-order valence-corrected chi connectivity index (χ3v) is 2.32. The van der Waals surface area contributed by atoms with Crippen LogP contribution in [-0.4, -0.2) is 12.1 Å². The highest BCUT2D eigenvalue weighted by molar-refractivity contribution is 5.44. The fraction of sp³-hybridized carbons (Fsp3) is 0.0714. The van der Waals surface area contributed by atoms with E-state index < -0.39 is 17.7 Å². The number of hydrogen-bond acceptors (Lipinski definition) is 2. The Balaban J connectivity index is 2.30. The number of benzene rings is 1. The highest BCUT2D eigenvalue weighted by atomic mass is 19.2. The predicted octanol–water partition coefficient (Wildman–Crippen LogP) is 2.91. The fourth-order valence-corrected chi connectivity index (χ4v) is 1.35. The predicted molar refractivity (Wildman–Crippen MR) is 63.1 cm³/mol. The van der Waals surface area contributed by atoms with Gasteiger partial charge in [0.1, 0.15) is 5.75 Å². The summed E-state index contributed by atoms with van der Waals surface area (Å²) in [5.74, 6) is 1.83. The first-order valence-corrected chi connectivity index (χ1v) is 5.28. The van der Waals surface area contributed by atoms with Crippen molar-refractivity contribution in [2.45, 2.75) is 0 Å². The summed E-state index contributed by atoms with van der Waals surface area (Å²) in [6.07, 6.45) is 0. The summed E-state index contributed by atoms with van der Waals surface area (Å²) in [4.78, 5) is 2.78. The van der Waals surface area contributed by atoms with Crippen LogP contribution in [0.1, 0.15) is 11.1 Å². The van der Waals surface area contributed by atoms with Gasteiger partial charge in [0.05, 0.1) is 12.7 Å². The summed E-state index contributed by atoms with van der Waals surface area (Å²) >= 11 is 0.